The molecule has 0 saturated heterocycles. The van der Waals surface area contributed by atoms with Gasteiger partial charge in [-0.15, -0.1) is 0 Å². The molecule has 1 atom stereocenters. The molecule has 0 saturated carbocycles. The number of alkyl halides is 1. The Labute approximate surface area is 99.0 Å². The van der Waals surface area contributed by atoms with Crippen LogP contribution in [0.1, 0.15) is 12.5 Å². The van der Waals surface area contributed by atoms with Crippen LogP contribution in [0.2, 0.25) is 0 Å². The van der Waals surface area contributed by atoms with E-state index in [1.165, 1.54) is 0 Å². The highest BCUT2D eigenvalue weighted by molar-refractivity contribution is 9.09. The summed E-state index contributed by atoms with van der Waals surface area (Å²) in [6.45, 7) is 1.86. The van der Waals surface area contributed by atoms with E-state index in [1.54, 1.807) is 7.11 Å². The van der Waals surface area contributed by atoms with Gasteiger partial charge < -0.3 is 9.47 Å². The number of allylic oxidation sites excluding steroid dienone is 1. The average Bonchev–Trinajstić information content (AvgIpc) is 2.28. The highest BCUT2D eigenvalue weighted by Gasteiger charge is 1.99. The Kier molecular flexibility index (Phi) is 5.43. The Morgan fingerprint density at radius 3 is 2.53 bits per heavy atom. The highest BCUT2D eigenvalue weighted by atomic mass is 79.9. The van der Waals surface area contributed by atoms with Crippen molar-refractivity contribution in [3.05, 3.63) is 35.9 Å². The summed E-state index contributed by atoms with van der Waals surface area (Å²) in [5, 5.41) is 0.867. The van der Waals surface area contributed by atoms with Crippen LogP contribution in [0.5, 0.6) is 5.75 Å². The summed E-state index contributed by atoms with van der Waals surface area (Å²) in [6, 6.07) is 7.89. The maximum atomic E-state index is 5.47. The zero-order chi connectivity index (χ0) is 11.1. The smallest absolute Gasteiger partial charge is 0.196 e. The quantitative estimate of drug-likeness (QED) is 0.603. The predicted molar refractivity (Wildman–Crippen MR) is 66.4 cm³/mol. The maximum Gasteiger partial charge on any atom is 0.196 e. The Balaban J connectivity index is 2.60. The number of hydrogen-bond donors (Lipinski definition) is 0. The molecule has 15 heavy (non-hydrogen) atoms. The second-order valence-corrected chi connectivity index (χ2v) is 3.69. The summed E-state index contributed by atoms with van der Waals surface area (Å²) in [5.41, 5.74) is 1.16. The van der Waals surface area contributed by atoms with Gasteiger partial charge in [-0.2, -0.15) is 0 Å². The number of halogens is 1. The van der Waals surface area contributed by atoms with E-state index in [0.29, 0.717) is 0 Å². The van der Waals surface area contributed by atoms with Crippen LogP contribution in [-0.4, -0.2) is 18.7 Å². The third-order valence-corrected chi connectivity index (χ3v) is 2.29. The molecule has 0 aromatic heterocycles. The molecule has 0 fully saturated rings. The van der Waals surface area contributed by atoms with Crippen LogP contribution >= 0.6 is 15.9 Å². The van der Waals surface area contributed by atoms with Crippen molar-refractivity contribution in [2.75, 3.05) is 12.4 Å². The van der Waals surface area contributed by atoms with Gasteiger partial charge in [0, 0.05) is 12.4 Å². The molecule has 0 aliphatic heterocycles. The fourth-order valence-corrected chi connectivity index (χ4v) is 1.26. The van der Waals surface area contributed by atoms with Crippen molar-refractivity contribution >= 4 is 22.0 Å². The van der Waals surface area contributed by atoms with Crippen LogP contribution in [0.25, 0.3) is 6.08 Å². The molecular weight excluding hydrogens is 256 g/mol. The van der Waals surface area contributed by atoms with Gasteiger partial charge in [-0.05, 0) is 24.6 Å². The Morgan fingerprint density at radius 2 is 2.00 bits per heavy atom. The van der Waals surface area contributed by atoms with Gasteiger partial charge >= 0.3 is 0 Å². The lowest BCUT2D eigenvalue weighted by molar-refractivity contribution is -0.0382. The fourth-order valence-electron chi connectivity index (χ4n) is 1.08. The largest absolute Gasteiger partial charge is 0.465 e. The highest BCUT2D eigenvalue weighted by Crippen LogP contribution is 2.14. The molecule has 0 spiro atoms. The van der Waals surface area contributed by atoms with Gasteiger partial charge in [0.15, 0.2) is 6.29 Å². The van der Waals surface area contributed by atoms with Crippen molar-refractivity contribution in [1.82, 2.24) is 0 Å². The third kappa shape index (κ3) is 4.49. The standard InChI is InChI=1S/C12H15BrO2/c1-10(14-2)15-12-7-5-11(6-8-12)4-3-9-13/h3-8,10H,9H2,1-2H3/b4-3+. The molecule has 0 N–H and O–H groups in total. The van der Waals surface area contributed by atoms with Crippen LogP contribution in [0, 0.1) is 0 Å². The third-order valence-electron chi connectivity index (χ3n) is 1.91. The number of benzene rings is 1. The molecule has 0 aliphatic carbocycles. The zero-order valence-electron chi connectivity index (χ0n) is 8.94. The lowest BCUT2D eigenvalue weighted by Gasteiger charge is -2.12. The van der Waals surface area contributed by atoms with Crippen molar-refractivity contribution in [2.45, 2.75) is 13.2 Å². The molecule has 1 rings (SSSR count). The van der Waals surface area contributed by atoms with E-state index in [2.05, 4.69) is 22.0 Å². The molecular formula is C12H15BrO2. The second kappa shape index (κ2) is 6.64. The zero-order valence-corrected chi connectivity index (χ0v) is 10.5. The van der Waals surface area contributed by atoms with E-state index in [4.69, 9.17) is 9.47 Å². The molecule has 1 aromatic rings. The first-order valence-electron chi connectivity index (χ1n) is 4.78. The molecule has 0 aliphatic rings. The molecule has 1 unspecified atom stereocenters. The maximum absolute atomic E-state index is 5.47. The predicted octanol–water partition coefficient (Wildman–Crippen LogP) is 3.47. The monoisotopic (exact) mass is 270 g/mol. The fraction of sp³-hybridized carbons (Fsp3) is 0.333. The van der Waals surface area contributed by atoms with Gasteiger partial charge in [-0.3, -0.25) is 0 Å². The van der Waals surface area contributed by atoms with Gasteiger partial charge in [0.2, 0.25) is 0 Å². The van der Waals surface area contributed by atoms with Gasteiger partial charge in [0.1, 0.15) is 5.75 Å². The minimum Gasteiger partial charge on any atom is -0.465 e. The number of rotatable bonds is 5. The van der Waals surface area contributed by atoms with Crippen molar-refractivity contribution < 1.29 is 9.47 Å². The first kappa shape index (κ1) is 12.3. The minimum absolute atomic E-state index is 0.214. The Hall–Kier alpha value is -0.800. The molecule has 3 heteroatoms. The van der Waals surface area contributed by atoms with Crippen LogP contribution in [-0.2, 0) is 4.74 Å². The van der Waals surface area contributed by atoms with Gasteiger partial charge in [-0.1, -0.05) is 40.2 Å². The van der Waals surface area contributed by atoms with E-state index in [1.807, 2.05) is 37.3 Å². The second-order valence-electron chi connectivity index (χ2n) is 3.05. The van der Waals surface area contributed by atoms with E-state index in [0.717, 1.165) is 16.6 Å². The summed E-state index contributed by atoms with van der Waals surface area (Å²) < 4.78 is 10.5. The van der Waals surface area contributed by atoms with Crippen molar-refractivity contribution in [1.29, 1.82) is 0 Å². The van der Waals surface area contributed by atoms with E-state index < -0.39 is 0 Å². The molecule has 82 valence electrons. The van der Waals surface area contributed by atoms with Crippen LogP contribution < -0.4 is 4.74 Å². The summed E-state index contributed by atoms with van der Waals surface area (Å²) in [7, 11) is 1.62. The summed E-state index contributed by atoms with van der Waals surface area (Å²) in [6.07, 6.45) is 3.89. The lowest BCUT2D eigenvalue weighted by Crippen LogP contribution is -2.13. The summed E-state index contributed by atoms with van der Waals surface area (Å²) >= 11 is 3.34. The van der Waals surface area contributed by atoms with Crippen molar-refractivity contribution in [3.63, 3.8) is 0 Å². The van der Waals surface area contributed by atoms with Crippen molar-refractivity contribution in [3.8, 4) is 5.75 Å². The molecule has 0 amide bonds. The van der Waals surface area contributed by atoms with Crippen LogP contribution in [0.15, 0.2) is 30.3 Å². The van der Waals surface area contributed by atoms with E-state index >= 15 is 0 Å². The van der Waals surface area contributed by atoms with Crippen molar-refractivity contribution in [2.24, 2.45) is 0 Å². The first-order chi connectivity index (χ1) is 7.26. The van der Waals surface area contributed by atoms with E-state index in [-0.39, 0.29) is 6.29 Å². The molecule has 0 bridgehead atoms. The normalized spacial score (nSPS) is 13.0. The van der Waals surface area contributed by atoms with Gasteiger partial charge in [-0.25, -0.2) is 0 Å². The number of methoxy groups -OCH3 is 1. The topological polar surface area (TPSA) is 18.5 Å². The summed E-state index contributed by atoms with van der Waals surface area (Å²) in [4.78, 5) is 0. The van der Waals surface area contributed by atoms with Gasteiger partial charge in [0.05, 0.1) is 0 Å². The SMILES string of the molecule is COC(C)Oc1ccc(/C=C/CBr)cc1. The Morgan fingerprint density at radius 1 is 1.33 bits per heavy atom. The molecule has 1 aromatic carbocycles. The minimum atomic E-state index is -0.214. The van der Waals surface area contributed by atoms with Gasteiger partial charge in [0.25, 0.3) is 0 Å². The number of ether oxygens (including phenoxy) is 2. The van der Waals surface area contributed by atoms with Crippen LogP contribution in [0.4, 0.5) is 0 Å². The van der Waals surface area contributed by atoms with E-state index in [9.17, 15) is 0 Å². The first-order valence-corrected chi connectivity index (χ1v) is 5.90. The summed E-state index contributed by atoms with van der Waals surface area (Å²) in [5.74, 6) is 0.820. The lowest BCUT2D eigenvalue weighted by atomic mass is 10.2. The van der Waals surface area contributed by atoms with Crippen LogP contribution in [0.3, 0.4) is 0 Å². The molecule has 2 nitrogen and oxygen atoms in total. The molecule has 0 radical (unpaired) electrons. The average molecular weight is 271 g/mol. The number of hydrogen-bond acceptors (Lipinski definition) is 2. The Bertz CT molecular complexity index is 306. The molecule has 0 heterocycles.